The fourth-order valence-electron chi connectivity index (χ4n) is 2.17. The summed E-state index contributed by atoms with van der Waals surface area (Å²) < 4.78 is 40.4. The molecule has 10 heteroatoms. The third-order valence-electron chi connectivity index (χ3n) is 3.24. The Bertz CT molecular complexity index is 661. The minimum Gasteiger partial charge on any atom is -0.354 e. The molecule has 3 rings (SSSR count). The fraction of sp³-hybridized carbons (Fsp3) is 0.500. The summed E-state index contributed by atoms with van der Waals surface area (Å²) in [5.74, 6) is 0.542. The molecule has 22 heavy (non-hydrogen) atoms. The van der Waals surface area contributed by atoms with Crippen LogP contribution in [0.1, 0.15) is 11.5 Å². The van der Waals surface area contributed by atoms with Gasteiger partial charge < -0.3 is 10.2 Å². The SMILES string of the molecule is Cc1ncn(-c2nc(N3CCNCC3)cc(C(F)(F)F)n2)n1. The number of anilines is 1. The first-order valence-electron chi connectivity index (χ1n) is 6.74. The zero-order valence-electron chi connectivity index (χ0n) is 11.8. The average molecular weight is 313 g/mol. The van der Waals surface area contributed by atoms with Gasteiger partial charge in [-0.25, -0.2) is 9.97 Å². The van der Waals surface area contributed by atoms with E-state index in [1.54, 1.807) is 11.8 Å². The lowest BCUT2D eigenvalue weighted by atomic mass is 10.3. The maximum absolute atomic E-state index is 13.1. The molecule has 0 radical (unpaired) electrons. The van der Waals surface area contributed by atoms with E-state index in [2.05, 4.69) is 25.4 Å². The Morgan fingerprint density at radius 3 is 2.50 bits per heavy atom. The van der Waals surface area contributed by atoms with Crippen LogP contribution < -0.4 is 10.2 Å². The first kappa shape index (κ1) is 14.7. The molecule has 118 valence electrons. The van der Waals surface area contributed by atoms with Crippen LogP contribution in [0.25, 0.3) is 5.95 Å². The van der Waals surface area contributed by atoms with Crippen molar-refractivity contribution in [2.45, 2.75) is 13.1 Å². The van der Waals surface area contributed by atoms with E-state index in [0.717, 1.165) is 10.7 Å². The third-order valence-corrected chi connectivity index (χ3v) is 3.24. The third kappa shape index (κ3) is 3.01. The molecular weight excluding hydrogens is 299 g/mol. The number of hydrogen-bond acceptors (Lipinski definition) is 6. The number of halogens is 3. The van der Waals surface area contributed by atoms with Gasteiger partial charge in [0, 0.05) is 32.2 Å². The minimum atomic E-state index is -4.55. The number of hydrogen-bond donors (Lipinski definition) is 1. The second-order valence-corrected chi connectivity index (χ2v) is 4.88. The fourth-order valence-corrected chi connectivity index (χ4v) is 2.17. The molecule has 2 aromatic heterocycles. The second-order valence-electron chi connectivity index (χ2n) is 4.88. The number of aromatic nitrogens is 5. The summed E-state index contributed by atoms with van der Waals surface area (Å²) in [5, 5.41) is 7.12. The molecule has 7 nitrogen and oxygen atoms in total. The van der Waals surface area contributed by atoms with Crippen molar-refractivity contribution in [2.24, 2.45) is 0 Å². The molecule has 2 aromatic rings. The average Bonchev–Trinajstić information content (AvgIpc) is 2.93. The minimum absolute atomic E-state index is 0.135. The number of piperazine rings is 1. The Kier molecular flexibility index (Phi) is 3.69. The molecule has 0 unspecified atom stereocenters. The Hall–Kier alpha value is -2.23. The first-order valence-corrected chi connectivity index (χ1v) is 6.74. The molecule has 3 heterocycles. The Labute approximate surface area is 124 Å². The summed E-state index contributed by atoms with van der Waals surface area (Å²) >= 11 is 0. The second kappa shape index (κ2) is 5.52. The number of aryl methyl sites for hydroxylation is 1. The maximum Gasteiger partial charge on any atom is 0.433 e. The van der Waals surface area contributed by atoms with Gasteiger partial charge in [-0.15, -0.1) is 5.10 Å². The molecule has 1 fully saturated rings. The number of nitrogens with one attached hydrogen (secondary N) is 1. The standard InChI is InChI=1S/C12H14F3N7/c1-8-17-7-22(20-8)11-18-9(12(13,14)15)6-10(19-11)21-4-2-16-3-5-21/h6-7,16H,2-5H2,1H3. The summed E-state index contributed by atoms with van der Waals surface area (Å²) in [5.41, 5.74) is -0.987. The molecule has 0 amide bonds. The van der Waals surface area contributed by atoms with E-state index in [1.165, 1.54) is 6.33 Å². The quantitative estimate of drug-likeness (QED) is 0.884. The molecule has 0 bridgehead atoms. The van der Waals surface area contributed by atoms with Crippen LogP contribution in [-0.2, 0) is 6.18 Å². The molecule has 0 saturated carbocycles. The van der Waals surface area contributed by atoms with Gasteiger partial charge in [-0.05, 0) is 6.92 Å². The summed E-state index contributed by atoms with van der Waals surface area (Å²) in [7, 11) is 0. The molecule has 0 aromatic carbocycles. The highest BCUT2D eigenvalue weighted by atomic mass is 19.4. The van der Waals surface area contributed by atoms with Crippen molar-refractivity contribution in [3.05, 3.63) is 23.9 Å². The van der Waals surface area contributed by atoms with Crippen molar-refractivity contribution in [2.75, 3.05) is 31.1 Å². The zero-order chi connectivity index (χ0) is 15.7. The van der Waals surface area contributed by atoms with E-state index in [0.29, 0.717) is 32.0 Å². The number of rotatable bonds is 2. The van der Waals surface area contributed by atoms with Crippen LogP contribution in [0.5, 0.6) is 0 Å². The van der Waals surface area contributed by atoms with E-state index < -0.39 is 11.9 Å². The van der Waals surface area contributed by atoms with Gasteiger partial charge in [-0.3, -0.25) is 0 Å². The summed E-state index contributed by atoms with van der Waals surface area (Å²) in [6.45, 7) is 4.21. The Balaban J connectivity index is 2.05. The molecule has 1 aliphatic rings. The number of alkyl halides is 3. The van der Waals surface area contributed by atoms with Crippen molar-refractivity contribution >= 4 is 5.82 Å². The summed E-state index contributed by atoms with van der Waals surface area (Å²) in [6.07, 6.45) is -3.25. The Morgan fingerprint density at radius 2 is 1.91 bits per heavy atom. The summed E-state index contributed by atoms with van der Waals surface area (Å²) in [6, 6.07) is 0.971. The van der Waals surface area contributed by atoms with Gasteiger partial charge in [0.15, 0.2) is 5.69 Å². The zero-order valence-corrected chi connectivity index (χ0v) is 11.8. The molecular formula is C12H14F3N7. The molecule has 0 atom stereocenters. The largest absolute Gasteiger partial charge is 0.433 e. The van der Waals surface area contributed by atoms with Crippen molar-refractivity contribution in [1.82, 2.24) is 30.0 Å². The number of nitrogens with zero attached hydrogens (tertiary/aromatic N) is 6. The van der Waals surface area contributed by atoms with Crippen LogP contribution in [-0.4, -0.2) is 50.9 Å². The molecule has 0 aliphatic carbocycles. The predicted molar refractivity (Wildman–Crippen MR) is 71.8 cm³/mol. The Morgan fingerprint density at radius 1 is 1.18 bits per heavy atom. The van der Waals surface area contributed by atoms with Crippen molar-refractivity contribution in [3.63, 3.8) is 0 Å². The van der Waals surface area contributed by atoms with Gasteiger partial charge in [0.25, 0.3) is 5.95 Å². The van der Waals surface area contributed by atoms with Crippen molar-refractivity contribution in [3.8, 4) is 5.95 Å². The van der Waals surface area contributed by atoms with Gasteiger partial charge >= 0.3 is 6.18 Å². The highest BCUT2D eigenvalue weighted by Crippen LogP contribution is 2.30. The van der Waals surface area contributed by atoms with Gasteiger partial charge in [-0.2, -0.15) is 22.8 Å². The van der Waals surface area contributed by atoms with Gasteiger partial charge in [0.05, 0.1) is 0 Å². The highest BCUT2D eigenvalue weighted by Gasteiger charge is 2.34. The molecule has 1 N–H and O–H groups in total. The highest BCUT2D eigenvalue weighted by molar-refractivity contribution is 5.43. The maximum atomic E-state index is 13.1. The predicted octanol–water partition coefficient (Wildman–Crippen LogP) is 0.794. The van der Waals surface area contributed by atoms with Crippen molar-refractivity contribution < 1.29 is 13.2 Å². The van der Waals surface area contributed by atoms with Crippen LogP contribution in [0.15, 0.2) is 12.4 Å². The lowest BCUT2D eigenvalue weighted by Gasteiger charge is -2.28. The van der Waals surface area contributed by atoms with Crippen LogP contribution in [0, 0.1) is 6.92 Å². The normalized spacial score (nSPS) is 16.1. The summed E-state index contributed by atoms with van der Waals surface area (Å²) in [4.78, 5) is 13.5. The molecule has 1 saturated heterocycles. The topological polar surface area (TPSA) is 71.8 Å². The monoisotopic (exact) mass is 313 g/mol. The van der Waals surface area contributed by atoms with E-state index in [4.69, 9.17) is 0 Å². The lowest BCUT2D eigenvalue weighted by molar-refractivity contribution is -0.141. The lowest BCUT2D eigenvalue weighted by Crippen LogP contribution is -2.44. The van der Waals surface area contributed by atoms with Gasteiger partial charge in [0.1, 0.15) is 18.0 Å². The van der Waals surface area contributed by atoms with Crippen LogP contribution >= 0.6 is 0 Å². The van der Waals surface area contributed by atoms with E-state index in [-0.39, 0.29) is 11.8 Å². The smallest absolute Gasteiger partial charge is 0.354 e. The van der Waals surface area contributed by atoms with Crippen LogP contribution in [0.2, 0.25) is 0 Å². The van der Waals surface area contributed by atoms with E-state index in [9.17, 15) is 13.2 Å². The van der Waals surface area contributed by atoms with E-state index >= 15 is 0 Å². The molecule has 1 aliphatic heterocycles. The molecule has 0 spiro atoms. The first-order chi connectivity index (χ1) is 10.4. The van der Waals surface area contributed by atoms with Gasteiger partial charge in [0.2, 0.25) is 0 Å². The van der Waals surface area contributed by atoms with Gasteiger partial charge in [-0.1, -0.05) is 0 Å². The van der Waals surface area contributed by atoms with Crippen molar-refractivity contribution in [1.29, 1.82) is 0 Å². The van der Waals surface area contributed by atoms with Crippen LogP contribution in [0.4, 0.5) is 19.0 Å². The van der Waals surface area contributed by atoms with E-state index in [1.807, 2.05) is 0 Å². The van der Waals surface area contributed by atoms with Crippen LogP contribution in [0.3, 0.4) is 0 Å².